The van der Waals surface area contributed by atoms with E-state index in [1.54, 1.807) is 27.7 Å². The van der Waals surface area contributed by atoms with Gasteiger partial charge in [-0.2, -0.15) is 4.98 Å². The Morgan fingerprint density at radius 2 is 1.63 bits per heavy atom. The number of phosphoric ester groups is 1. The van der Waals surface area contributed by atoms with Crippen molar-refractivity contribution in [3.05, 3.63) is 22.7 Å². The molecular weight excluding hydrogens is 605 g/mol. The predicted octanol–water partition coefficient (Wildman–Crippen LogP) is -0.0552. The highest BCUT2D eigenvalue weighted by Crippen LogP contribution is 2.50. The van der Waals surface area contributed by atoms with Crippen molar-refractivity contribution in [3.8, 4) is 0 Å². The van der Waals surface area contributed by atoms with E-state index in [1.165, 1.54) is 6.07 Å². The van der Waals surface area contributed by atoms with Gasteiger partial charge in [0.1, 0.15) is 18.0 Å². The average Bonchev–Trinajstić information content (AvgIpc) is 3.21. The highest BCUT2D eigenvalue weighted by Gasteiger charge is 2.51. The van der Waals surface area contributed by atoms with E-state index in [9.17, 15) is 39.4 Å². The molecular formula is C23H38N3O12PS2. The monoisotopic (exact) mass is 643 g/mol. The van der Waals surface area contributed by atoms with Gasteiger partial charge in [0.25, 0.3) is 0 Å². The van der Waals surface area contributed by atoms with Gasteiger partial charge >= 0.3 is 13.5 Å². The molecule has 2 unspecified atom stereocenters. The lowest BCUT2D eigenvalue weighted by molar-refractivity contribution is -0.120. The fourth-order valence-corrected chi connectivity index (χ4v) is 6.17. The topological polar surface area (TPSA) is 230 Å². The third kappa shape index (κ3) is 9.56. The molecule has 3 atom stereocenters. The van der Waals surface area contributed by atoms with Crippen LogP contribution in [-0.2, 0) is 38.2 Å². The number of aromatic nitrogens is 2. The largest absolute Gasteiger partial charge is 0.474 e. The van der Waals surface area contributed by atoms with Gasteiger partial charge in [0.15, 0.2) is 16.0 Å². The van der Waals surface area contributed by atoms with Gasteiger partial charge in [0, 0.05) is 17.7 Å². The second-order valence-electron chi connectivity index (χ2n) is 10.4. The molecule has 41 heavy (non-hydrogen) atoms. The third-order valence-corrected chi connectivity index (χ3v) is 9.84. The number of nitrogen functional groups attached to an aromatic ring is 1. The van der Waals surface area contributed by atoms with Crippen LogP contribution < -0.4 is 11.4 Å². The normalized spacial score (nSPS) is 21.8. The Hall–Kier alpha value is -1.37. The van der Waals surface area contributed by atoms with Crippen LogP contribution in [0.2, 0.25) is 0 Å². The maximum absolute atomic E-state index is 13.4. The minimum Gasteiger partial charge on any atom is -0.395 e. The van der Waals surface area contributed by atoms with Crippen molar-refractivity contribution in [2.24, 2.45) is 10.8 Å². The summed E-state index contributed by atoms with van der Waals surface area (Å²) in [7, 11) is -4.36. The number of aliphatic hydroxyl groups excluding tert-OH is 3. The fourth-order valence-electron chi connectivity index (χ4n) is 3.13. The number of hydrogen-bond acceptors (Lipinski definition) is 16. The number of nitrogens with two attached hydrogens (primary N) is 1. The van der Waals surface area contributed by atoms with E-state index in [0.29, 0.717) is 0 Å². The minimum absolute atomic E-state index is 0.0479. The van der Waals surface area contributed by atoms with E-state index in [-0.39, 0.29) is 54.0 Å². The highest BCUT2D eigenvalue weighted by atomic mass is 32.2. The molecule has 1 aromatic heterocycles. The van der Waals surface area contributed by atoms with Gasteiger partial charge in [-0.05, 0) is 33.8 Å². The summed E-state index contributed by atoms with van der Waals surface area (Å²) in [6, 6.07) is 1.25. The number of ether oxygens (including phenoxy) is 1. The van der Waals surface area contributed by atoms with Gasteiger partial charge in [-0.3, -0.25) is 27.7 Å². The van der Waals surface area contributed by atoms with Crippen LogP contribution in [0.3, 0.4) is 0 Å². The summed E-state index contributed by atoms with van der Waals surface area (Å²) in [5, 5.41) is 39.7. The van der Waals surface area contributed by atoms with Crippen molar-refractivity contribution in [3.63, 3.8) is 0 Å². The molecule has 1 aromatic rings. The molecule has 15 nitrogen and oxygen atoms in total. The molecule has 18 heteroatoms. The molecule has 1 aliphatic heterocycles. The zero-order valence-corrected chi connectivity index (χ0v) is 25.8. The first-order valence-electron chi connectivity index (χ1n) is 12.5. The summed E-state index contributed by atoms with van der Waals surface area (Å²) in [5.41, 5.74) is 0.361. The van der Waals surface area contributed by atoms with Crippen molar-refractivity contribution < 1.29 is 52.9 Å². The van der Waals surface area contributed by atoms with Gasteiger partial charge in [-0.25, -0.2) is 9.36 Å². The van der Waals surface area contributed by atoms with E-state index in [0.717, 1.165) is 34.3 Å². The molecule has 2 rings (SSSR count). The summed E-state index contributed by atoms with van der Waals surface area (Å²) < 4.78 is 35.6. The zero-order valence-electron chi connectivity index (χ0n) is 23.3. The Morgan fingerprint density at radius 3 is 2.10 bits per heavy atom. The standard InChI is InChI=1S/C23H38N3O12PS2/c1-21(2,12-27)18(30)40-9-7-36-39(34,37-8-10-41-19(31)22(3,4)13-28)38-11-15-17(29)23(33,14-35-15)26-6-5-16(24)25-20(26)32/h5-6,15,17,27-29,33H,7-14H2,1-4H3,(H2,24,25,32)/t15-,17?,23?/m1/s1. The van der Waals surface area contributed by atoms with Crippen LogP contribution in [0.15, 0.2) is 17.1 Å². The van der Waals surface area contributed by atoms with E-state index >= 15 is 0 Å². The highest BCUT2D eigenvalue weighted by molar-refractivity contribution is 8.14. The maximum atomic E-state index is 13.4. The van der Waals surface area contributed by atoms with Crippen LogP contribution in [0, 0.1) is 10.8 Å². The number of hydrogen-bond donors (Lipinski definition) is 5. The summed E-state index contributed by atoms with van der Waals surface area (Å²) in [4.78, 5) is 40.2. The molecule has 0 spiro atoms. The maximum Gasteiger partial charge on any atom is 0.474 e. The Bertz CT molecular complexity index is 1130. The number of anilines is 1. The molecule has 0 radical (unpaired) electrons. The fraction of sp³-hybridized carbons (Fsp3) is 0.739. The van der Waals surface area contributed by atoms with Gasteiger partial charge in [-0.1, -0.05) is 23.5 Å². The number of rotatable bonds is 16. The Morgan fingerprint density at radius 1 is 1.12 bits per heavy atom. The first-order valence-corrected chi connectivity index (χ1v) is 15.9. The van der Waals surface area contributed by atoms with Crippen molar-refractivity contribution in [1.82, 2.24) is 9.55 Å². The quantitative estimate of drug-likeness (QED) is 0.117. The van der Waals surface area contributed by atoms with Crippen molar-refractivity contribution in [2.45, 2.75) is 45.6 Å². The number of phosphoric acid groups is 1. The van der Waals surface area contributed by atoms with E-state index in [1.807, 2.05) is 0 Å². The summed E-state index contributed by atoms with van der Waals surface area (Å²) in [6.45, 7) is 3.92. The van der Waals surface area contributed by atoms with E-state index in [4.69, 9.17) is 24.0 Å². The van der Waals surface area contributed by atoms with Crippen LogP contribution in [-0.4, -0.2) is 104 Å². The van der Waals surface area contributed by atoms with Gasteiger partial charge in [-0.15, -0.1) is 0 Å². The molecule has 234 valence electrons. The average molecular weight is 644 g/mol. The number of nitrogens with zero attached hydrogens (tertiary/aromatic N) is 2. The second-order valence-corrected chi connectivity index (χ2v) is 14.2. The number of thioether (sulfide) groups is 2. The second kappa shape index (κ2) is 14.9. The van der Waals surface area contributed by atoms with Gasteiger partial charge in [0.05, 0.1) is 50.5 Å². The summed E-state index contributed by atoms with van der Waals surface area (Å²) >= 11 is 1.71. The molecule has 1 aliphatic rings. The van der Waals surface area contributed by atoms with E-state index < -0.39 is 55.5 Å². The van der Waals surface area contributed by atoms with Crippen molar-refractivity contribution in [2.75, 3.05) is 56.9 Å². The number of aliphatic hydroxyl groups is 4. The Labute approximate surface area is 245 Å². The van der Waals surface area contributed by atoms with Gasteiger partial charge in [0.2, 0.25) is 0 Å². The summed E-state index contributed by atoms with van der Waals surface area (Å²) in [5.74, 6) is 0.0105. The predicted molar refractivity (Wildman–Crippen MR) is 151 cm³/mol. The zero-order chi connectivity index (χ0) is 31.1. The molecule has 2 heterocycles. The molecule has 1 fully saturated rings. The van der Waals surface area contributed by atoms with Gasteiger partial charge < -0.3 is 30.9 Å². The van der Waals surface area contributed by atoms with Crippen LogP contribution in [0.5, 0.6) is 0 Å². The van der Waals surface area contributed by atoms with Crippen LogP contribution in [0.4, 0.5) is 5.82 Å². The molecule has 0 bridgehead atoms. The lowest BCUT2D eigenvalue weighted by atomic mass is 9.97. The molecule has 0 saturated carbocycles. The lowest BCUT2D eigenvalue weighted by Crippen LogP contribution is -2.51. The third-order valence-electron chi connectivity index (χ3n) is 6.00. The lowest BCUT2D eigenvalue weighted by Gasteiger charge is -2.28. The molecule has 0 amide bonds. The molecule has 0 aromatic carbocycles. The minimum atomic E-state index is -4.36. The number of carbonyl (C=O) groups excluding carboxylic acids is 2. The van der Waals surface area contributed by atoms with Crippen molar-refractivity contribution >= 4 is 47.4 Å². The van der Waals surface area contributed by atoms with Crippen molar-refractivity contribution in [1.29, 1.82) is 0 Å². The van der Waals surface area contributed by atoms with Crippen LogP contribution in [0.1, 0.15) is 27.7 Å². The first kappa shape index (κ1) is 35.8. The van der Waals surface area contributed by atoms with Crippen LogP contribution in [0.25, 0.3) is 0 Å². The Balaban J connectivity index is 2.04. The first-order chi connectivity index (χ1) is 19.0. The van der Waals surface area contributed by atoms with E-state index in [2.05, 4.69) is 4.98 Å². The SMILES string of the molecule is CC(C)(CO)C(=O)SCCOP(=O)(OCCSC(=O)C(C)(C)CO)OC[C@H]1OCC(O)(n2ccc(N)nc2=O)C1O. The van der Waals surface area contributed by atoms with Crippen LogP contribution >= 0.6 is 31.3 Å². The smallest absolute Gasteiger partial charge is 0.395 e. The Kier molecular flexibility index (Phi) is 13.0. The molecule has 6 N–H and O–H groups in total. The molecule has 1 saturated heterocycles. The molecule has 0 aliphatic carbocycles. The number of carbonyl (C=O) groups is 2. The summed E-state index contributed by atoms with van der Waals surface area (Å²) in [6.07, 6.45) is -1.85.